The van der Waals surface area contributed by atoms with Crippen LogP contribution in [0, 0.1) is 0 Å². The van der Waals surface area contributed by atoms with Gasteiger partial charge in [-0.2, -0.15) is 0 Å². The summed E-state index contributed by atoms with van der Waals surface area (Å²) in [6, 6.07) is 3.93. The molecule has 0 bridgehead atoms. The third-order valence-electron chi connectivity index (χ3n) is 3.91. The van der Waals surface area contributed by atoms with Crippen LogP contribution >= 0.6 is 11.6 Å². The smallest absolute Gasteiger partial charge is 0.251 e. The number of hydrogen-bond acceptors (Lipinski definition) is 5. The summed E-state index contributed by atoms with van der Waals surface area (Å²) >= 11 is 6.01. The Morgan fingerprint density at radius 1 is 1.35 bits per heavy atom. The average molecular weight is 404 g/mol. The van der Waals surface area contributed by atoms with Crippen molar-refractivity contribution in [1.29, 1.82) is 0 Å². The Bertz CT molecular complexity index is 776. The van der Waals surface area contributed by atoms with Crippen LogP contribution in [0.4, 0.5) is 0 Å². The van der Waals surface area contributed by atoms with Crippen molar-refractivity contribution < 1.29 is 22.7 Å². The van der Waals surface area contributed by atoms with Crippen LogP contribution in [-0.4, -0.2) is 65.0 Å². The first kappa shape index (κ1) is 20.6. The molecule has 10 heteroatoms. The molecule has 1 saturated heterocycles. The lowest BCUT2D eigenvalue weighted by Gasteiger charge is -2.14. The fraction of sp³-hybridized carbons (Fsp3) is 0.500. The van der Waals surface area contributed by atoms with Gasteiger partial charge in [-0.25, -0.2) is 13.1 Å². The van der Waals surface area contributed by atoms with Gasteiger partial charge < -0.3 is 15.0 Å². The number of amides is 2. The molecule has 0 unspecified atom stereocenters. The van der Waals surface area contributed by atoms with Gasteiger partial charge in [0.25, 0.3) is 5.91 Å². The topological polar surface area (TPSA) is 105 Å². The van der Waals surface area contributed by atoms with Crippen LogP contribution in [0.15, 0.2) is 23.1 Å². The minimum absolute atomic E-state index is 0.00533. The van der Waals surface area contributed by atoms with E-state index in [1.165, 1.54) is 23.1 Å². The molecule has 26 heavy (non-hydrogen) atoms. The number of halogens is 1. The van der Waals surface area contributed by atoms with Crippen molar-refractivity contribution in [2.45, 2.75) is 23.8 Å². The largest absolute Gasteiger partial charge is 0.377 e. The predicted octanol–water partition coefficient (Wildman–Crippen LogP) is 0.615. The van der Waals surface area contributed by atoms with Gasteiger partial charge in [0, 0.05) is 32.8 Å². The molecule has 0 saturated carbocycles. The molecule has 0 spiro atoms. The third kappa shape index (κ3) is 5.41. The van der Waals surface area contributed by atoms with Gasteiger partial charge in [0.2, 0.25) is 15.9 Å². The number of hydrogen-bond donors (Lipinski definition) is 2. The maximum atomic E-state index is 12.5. The van der Waals surface area contributed by atoms with Crippen molar-refractivity contribution in [3.63, 3.8) is 0 Å². The number of likely N-dealkylation sites (N-methyl/N-ethyl adjacent to an activating group) is 1. The summed E-state index contributed by atoms with van der Waals surface area (Å²) in [6.07, 6.45) is 1.53. The van der Waals surface area contributed by atoms with Crippen molar-refractivity contribution in [2.24, 2.45) is 0 Å². The van der Waals surface area contributed by atoms with Crippen LogP contribution in [0.1, 0.15) is 23.2 Å². The van der Waals surface area contributed by atoms with E-state index < -0.39 is 15.9 Å². The molecule has 1 aliphatic heterocycles. The van der Waals surface area contributed by atoms with Crippen LogP contribution < -0.4 is 10.0 Å². The SMILES string of the molecule is CN(C)C(=O)CNC(=O)c1ccc(Cl)c(S(=O)(=O)NC[C@H]2CCCO2)c1. The van der Waals surface area contributed by atoms with E-state index in [0.29, 0.717) is 6.61 Å². The average Bonchev–Trinajstić information content (AvgIpc) is 3.11. The summed E-state index contributed by atoms with van der Waals surface area (Å²) in [4.78, 5) is 24.9. The second-order valence-corrected chi connectivity index (χ2v) is 8.25. The van der Waals surface area contributed by atoms with Crippen molar-refractivity contribution in [3.05, 3.63) is 28.8 Å². The van der Waals surface area contributed by atoms with E-state index in [-0.39, 0.29) is 40.6 Å². The lowest BCUT2D eigenvalue weighted by atomic mass is 10.2. The zero-order valence-corrected chi connectivity index (χ0v) is 16.2. The molecular formula is C16H22ClN3O5S. The van der Waals surface area contributed by atoms with E-state index in [1.807, 2.05) is 0 Å². The third-order valence-corrected chi connectivity index (χ3v) is 5.81. The molecule has 1 heterocycles. The van der Waals surface area contributed by atoms with Crippen LogP contribution in [0.3, 0.4) is 0 Å². The Balaban J connectivity index is 2.09. The number of ether oxygens (including phenoxy) is 1. The molecule has 2 amide bonds. The predicted molar refractivity (Wildman–Crippen MR) is 96.6 cm³/mol. The molecule has 2 N–H and O–H groups in total. The van der Waals surface area contributed by atoms with Gasteiger partial charge in [0.15, 0.2) is 0 Å². The standard InChI is InChI=1S/C16H22ClN3O5S/c1-20(2)15(21)10-18-16(22)11-5-6-13(17)14(8-11)26(23,24)19-9-12-4-3-7-25-12/h5-6,8,12,19H,3-4,7,9-10H2,1-2H3,(H,18,22)/t12-/m1/s1. The fourth-order valence-electron chi connectivity index (χ4n) is 2.35. The van der Waals surface area contributed by atoms with Crippen LogP contribution in [0.2, 0.25) is 5.02 Å². The number of carbonyl (C=O) groups excluding carboxylic acids is 2. The number of sulfonamides is 1. The van der Waals surface area contributed by atoms with E-state index in [4.69, 9.17) is 16.3 Å². The van der Waals surface area contributed by atoms with E-state index >= 15 is 0 Å². The van der Waals surface area contributed by atoms with Crippen molar-refractivity contribution in [3.8, 4) is 0 Å². The first-order chi connectivity index (χ1) is 12.2. The minimum atomic E-state index is -3.90. The first-order valence-electron chi connectivity index (χ1n) is 8.10. The normalized spacial score (nSPS) is 17.1. The highest BCUT2D eigenvalue weighted by molar-refractivity contribution is 7.89. The monoisotopic (exact) mass is 403 g/mol. The summed E-state index contributed by atoms with van der Waals surface area (Å²) in [5.74, 6) is -0.842. The zero-order chi connectivity index (χ0) is 19.3. The number of rotatable bonds is 7. The van der Waals surface area contributed by atoms with E-state index in [9.17, 15) is 18.0 Å². The fourth-order valence-corrected chi connectivity index (χ4v) is 3.94. The number of carbonyl (C=O) groups is 2. The van der Waals surface area contributed by atoms with Gasteiger partial charge in [0.1, 0.15) is 4.90 Å². The Kier molecular flexibility index (Phi) is 6.99. The Labute approximate surface area is 157 Å². The van der Waals surface area contributed by atoms with Gasteiger partial charge in [-0.1, -0.05) is 11.6 Å². The highest BCUT2D eigenvalue weighted by atomic mass is 35.5. The molecule has 1 aromatic carbocycles. The molecule has 0 aliphatic carbocycles. The van der Waals surface area contributed by atoms with Crippen LogP contribution in [-0.2, 0) is 19.6 Å². The second-order valence-electron chi connectivity index (χ2n) is 6.10. The molecule has 8 nitrogen and oxygen atoms in total. The summed E-state index contributed by atoms with van der Waals surface area (Å²) in [7, 11) is -0.755. The van der Waals surface area contributed by atoms with E-state index in [2.05, 4.69) is 10.0 Å². The number of nitrogens with zero attached hydrogens (tertiary/aromatic N) is 1. The maximum absolute atomic E-state index is 12.5. The Morgan fingerprint density at radius 3 is 2.69 bits per heavy atom. The summed E-state index contributed by atoms with van der Waals surface area (Å²) in [5, 5.41) is 2.45. The lowest BCUT2D eigenvalue weighted by molar-refractivity contribution is -0.127. The van der Waals surface area contributed by atoms with Gasteiger partial charge in [-0.05, 0) is 31.0 Å². The van der Waals surface area contributed by atoms with Crippen molar-refractivity contribution >= 4 is 33.4 Å². The molecule has 1 atom stereocenters. The number of benzene rings is 1. The minimum Gasteiger partial charge on any atom is -0.377 e. The van der Waals surface area contributed by atoms with Gasteiger partial charge in [-0.3, -0.25) is 9.59 Å². The molecule has 1 fully saturated rings. The summed E-state index contributed by atoms with van der Waals surface area (Å²) in [6.45, 7) is 0.578. The second kappa shape index (κ2) is 8.81. The van der Waals surface area contributed by atoms with Crippen molar-refractivity contribution in [2.75, 3.05) is 33.8 Å². The molecule has 0 radical (unpaired) electrons. The van der Waals surface area contributed by atoms with Gasteiger partial charge >= 0.3 is 0 Å². The molecule has 144 valence electrons. The van der Waals surface area contributed by atoms with Crippen LogP contribution in [0.5, 0.6) is 0 Å². The van der Waals surface area contributed by atoms with Gasteiger partial charge in [0.05, 0.1) is 17.7 Å². The molecule has 1 aliphatic rings. The molecule has 1 aromatic rings. The van der Waals surface area contributed by atoms with E-state index in [1.54, 1.807) is 14.1 Å². The maximum Gasteiger partial charge on any atom is 0.251 e. The first-order valence-corrected chi connectivity index (χ1v) is 9.96. The van der Waals surface area contributed by atoms with Crippen molar-refractivity contribution in [1.82, 2.24) is 14.9 Å². The zero-order valence-electron chi connectivity index (χ0n) is 14.6. The summed E-state index contributed by atoms with van der Waals surface area (Å²) in [5.41, 5.74) is 0.0958. The summed E-state index contributed by atoms with van der Waals surface area (Å²) < 4.78 is 32.8. The lowest BCUT2D eigenvalue weighted by Crippen LogP contribution is -2.36. The Morgan fingerprint density at radius 2 is 2.08 bits per heavy atom. The van der Waals surface area contributed by atoms with Gasteiger partial charge in [-0.15, -0.1) is 0 Å². The number of nitrogens with one attached hydrogen (secondary N) is 2. The quantitative estimate of drug-likeness (QED) is 0.694. The highest BCUT2D eigenvalue weighted by Crippen LogP contribution is 2.23. The highest BCUT2D eigenvalue weighted by Gasteiger charge is 2.23. The van der Waals surface area contributed by atoms with Crippen LogP contribution in [0.25, 0.3) is 0 Å². The van der Waals surface area contributed by atoms with E-state index in [0.717, 1.165) is 12.8 Å². The molecule has 0 aromatic heterocycles. The molecule has 2 rings (SSSR count). The molecular weight excluding hydrogens is 382 g/mol. The Hall–Kier alpha value is -1.68.